The van der Waals surface area contributed by atoms with Crippen molar-refractivity contribution in [1.82, 2.24) is 20.2 Å². The van der Waals surface area contributed by atoms with Crippen molar-refractivity contribution in [2.24, 2.45) is 0 Å². The molecule has 0 aliphatic heterocycles. The molecule has 0 amide bonds. The fourth-order valence-corrected chi connectivity index (χ4v) is 2.45. The zero-order valence-corrected chi connectivity index (χ0v) is 11.7. The molecule has 0 unspecified atom stereocenters. The summed E-state index contributed by atoms with van der Waals surface area (Å²) in [7, 11) is 0. The van der Waals surface area contributed by atoms with Gasteiger partial charge in [0.15, 0.2) is 5.69 Å². The van der Waals surface area contributed by atoms with E-state index in [0.717, 1.165) is 15.6 Å². The van der Waals surface area contributed by atoms with Crippen molar-refractivity contribution in [3.63, 3.8) is 0 Å². The van der Waals surface area contributed by atoms with Crippen LogP contribution in [-0.2, 0) is 6.54 Å². The fraction of sp³-hybridized carbons (Fsp3) is 0.0714. The Morgan fingerprint density at radius 3 is 2.67 bits per heavy atom. The molecule has 0 bridgehead atoms. The number of hydrogen-bond donors (Lipinski definition) is 1. The Kier molecular flexibility index (Phi) is 3.80. The largest absolute Gasteiger partial charge is 0.362 e. The topological polar surface area (TPSA) is 87.4 Å². The molecule has 0 aliphatic carbocycles. The van der Waals surface area contributed by atoms with Crippen LogP contribution in [0.25, 0.3) is 10.6 Å². The van der Waals surface area contributed by atoms with Crippen molar-refractivity contribution in [2.45, 2.75) is 6.54 Å². The summed E-state index contributed by atoms with van der Waals surface area (Å²) in [5.74, 6) is 0.602. The Morgan fingerprint density at radius 1 is 1.10 bits per heavy atom. The minimum Gasteiger partial charge on any atom is -0.362 e. The normalized spacial score (nSPS) is 10.0. The summed E-state index contributed by atoms with van der Waals surface area (Å²) in [5, 5.41) is 21.8. The van der Waals surface area contributed by atoms with Crippen molar-refractivity contribution in [2.75, 3.05) is 5.32 Å². The minimum absolute atomic E-state index is 0.294. The second kappa shape index (κ2) is 6.07. The van der Waals surface area contributed by atoms with E-state index >= 15 is 0 Å². The van der Waals surface area contributed by atoms with Crippen LogP contribution < -0.4 is 5.32 Å². The monoisotopic (exact) mass is 294 g/mol. The highest BCUT2D eigenvalue weighted by Crippen LogP contribution is 2.23. The van der Waals surface area contributed by atoms with E-state index in [1.54, 1.807) is 0 Å². The number of benzene rings is 1. The Morgan fingerprint density at radius 2 is 1.95 bits per heavy atom. The Bertz CT molecular complexity index is 760. The zero-order valence-electron chi connectivity index (χ0n) is 10.9. The van der Waals surface area contributed by atoms with Crippen LogP contribution in [0.15, 0.2) is 42.7 Å². The van der Waals surface area contributed by atoms with Crippen LogP contribution in [0.4, 0.5) is 5.82 Å². The van der Waals surface area contributed by atoms with Gasteiger partial charge in [0.2, 0.25) is 0 Å². The van der Waals surface area contributed by atoms with E-state index in [0.29, 0.717) is 18.1 Å². The quantitative estimate of drug-likeness (QED) is 0.795. The van der Waals surface area contributed by atoms with Gasteiger partial charge in [-0.2, -0.15) is 5.26 Å². The Balaban J connectivity index is 1.66. The molecule has 102 valence electrons. The average Bonchev–Trinajstić information content (AvgIpc) is 3.03. The zero-order chi connectivity index (χ0) is 14.5. The van der Waals surface area contributed by atoms with Gasteiger partial charge in [0.25, 0.3) is 0 Å². The third kappa shape index (κ3) is 3.19. The first kappa shape index (κ1) is 13.1. The van der Waals surface area contributed by atoms with Crippen LogP contribution in [0.1, 0.15) is 10.7 Å². The van der Waals surface area contributed by atoms with E-state index < -0.39 is 0 Å². The van der Waals surface area contributed by atoms with Gasteiger partial charge in [-0.25, -0.2) is 9.97 Å². The van der Waals surface area contributed by atoms with Gasteiger partial charge in [0.05, 0.1) is 18.9 Å². The molecule has 21 heavy (non-hydrogen) atoms. The molecule has 1 aromatic carbocycles. The van der Waals surface area contributed by atoms with Crippen LogP contribution in [0.3, 0.4) is 0 Å². The first-order valence-electron chi connectivity index (χ1n) is 6.19. The van der Waals surface area contributed by atoms with Crippen LogP contribution >= 0.6 is 11.3 Å². The highest BCUT2D eigenvalue weighted by Gasteiger charge is 2.06. The smallest absolute Gasteiger partial charge is 0.158 e. The lowest BCUT2D eigenvalue weighted by atomic mass is 10.2. The van der Waals surface area contributed by atoms with Crippen LogP contribution in [-0.4, -0.2) is 20.2 Å². The first-order chi connectivity index (χ1) is 10.3. The van der Waals surface area contributed by atoms with Gasteiger partial charge >= 0.3 is 0 Å². The molecule has 0 atom stereocenters. The molecule has 2 aromatic heterocycles. The molecule has 2 heterocycles. The summed E-state index contributed by atoms with van der Waals surface area (Å²) in [6.45, 7) is 0.519. The molecule has 0 spiro atoms. The van der Waals surface area contributed by atoms with E-state index in [2.05, 4.69) is 25.5 Å². The van der Waals surface area contributed by atoms with E-state index in [-0.39, 0.29) is 0 Å². The summed E-state index contributed by atoms with van der Waals surface area (Å²) in [5.41, 5.74) is 1.35. The lowest BCUT2D eigenvalue weighted by Gasteiger charge is -2.01. The average molecular weight is 294 g/mol. The number of nitrogens with one attached hydrogen (secondary N) is 1. The Labute approximate surface area is 125 Å². The highest BCUT2D eigenvalue weighted by molar-refractivity contribution is 7.14. The molecule has 0 aliphatic rings. The van der Waals surface area contributed by atoms with Crippen LogP contribution in [0.2, 0.25) is 0 Å². The molecular formula is C14H10N6S. The van der Waals surface area contributed by atoms with Crippen molar-refractivity contribution in [1.29, 1.82) is 5.26 Å². The summed E-state index contributed by atoms with van der Waals surface area (Å²) in [6.07, 6.45) is 2.95. The van der Waals surface area contributed by atoms with Crippen LogP contribution in [0, 0.1) is 11.3 Å². The van der Waals surface area contributed by atoms with Gasteiger partial charge in [-0.3, -0.25) is 0 Å². The van der Waals surface area contributed by atoms with Gasteiger partial charge in [-0.05, 0) is 0 Å². The minimum atomic E-state index is 0.294. The predicted octanol–water partition coefficient (Wildman–Crippen LogP) is 2.48. The summed E-state index contributed by atoms with van der Waals surface area (Å²) >= 11 is 1.53. The van der Waals surface area contributed by atoms with E-state index in [4.69, 9.17) is 5.26 Å². The molecule has 6 nitrogen and oxygen atoms in total. The van der Waals surface area contributed by atoms with Crippen molar-refractivity contribution in [3.8, 4) is 16.6 Å². The molecule has 0 saturated heterocycles. The van der Waals surface area contributed by atoms with E-state index in [1.165, 1.54) is 23.7 Å². The molecule has 0 fully saturated rings. The van der Waals surface area contributed by atoms with Gasteiger partial charge in [0, 0.05) is 5.56 Å². The molecule has 3 rings (SSSR count). The maximum absolute atomic E-state index is 8.66. The summed E-state index contributed by atoms with van der Waals surface area (Å²) in [6, 6.07) is 11.9. The number of rotatable bonds is 4. The maximum atomic E-state index is 8.66. The molecular weight excluding hydrogens is 284 g/mol. The van der Waals surface area contributed by atoms with Gasteiger partial charge in [-0.15, -0.1) is 10.2 Å². The number of aromatic nitrogens is 4. The number of anilines is 1. The number of hydrogen-bond acceptors (Lipinski definition) is 7. The van der Waals surface area contributed by atoms with Crippen LogP contribution in [0.5, 0.6) is 0 Å². The Hall–Kier alpha value is -2.85. The molecule has 7 heteroatoms. The van der Waals surface area contributed by atoms with Gasteiger partial charge < -0.3 is 5.32 Å². The number of nitriles is 1. The third-order valence-corrected chi connectivity index (χ3v) is 3.65. The van der Waals surface area contributed by atoms with Crippen molar-refractivity contribution >= 4 is 17.2 Å². The van der Waals surface area contributed by atoms with E-state index in [9.17, 15) is 0 Å². The predicted molar refractivity (Wildman–Crippen MR) is 79.4 cm³/mol. The molecule has 0 radical (unpaired) electrons. The lowest BCUT2D eigenvalue weighted by Crippen LogP contribution is -2.01. The fourth-order valence-electron chi connectivity index (χ4n) is 1.67. The maximum Gasteiger partial charge on any atom is 0.158 e. The van der Waals surface area contributed by atoms with E-state index in [1.807, 2.05) is 36.4 Å². The second-order valence-electron chi connectivity index (χ2n) is 4.12. The lowest BCUT2D eigenvalue weighted by molar-refractivity contribution is 0.981. The summed E-state index contributed by atoms with van der Waals surface area (Å²) < 4.78 is 0. The highest BCUT2D eigenvalue weighted by atomic mass is 32.1. The SMILES string of the molecule is N#Cc1cnc(NCc2nnc(-c3ccccc3)s2)cn1. The molecule has 0 saturated carbocycles. The first-order valence-corrected chi connectivity index (χ1v) is 7.00. The third-order valence-electron chi connectivity index (χ3n) is 2.67. The van der Waals surface area contributed by atoms with Crippen molar-refractivity contribution < 1.29 is 0 Å². The number of nitrogens with zero attached hydrogens (tertiary/aromatic N) is 5. The molecule has 1 N–H and O–H groups in total. The standard InChI is InChI=1S/C14H10N6S/c15-6-11-7-17-12(8-16-11)18-9-13-19-20-14(21-13)10-4-2-1-3-5-10/h1-5,7-8H,9H2,(H,17,18). The summed E-state index contributed by atoms with van der Waals surface area (Å²) in [4.78, 5) is 8.03. The molecule has 3 aromatic rings. The van der Waals surface area contributed by atoms with Gasteiger partial charge in [-0.1, -0.05) is 41.7 Å². The van der Waals surface area contributed by atoms with Gasteiger partial charge in [0.1, 0.15) is 21.9 Å². The van der Waals surface area contributed by atoms with Crippen molar-refractivity contribution in [3.05, 3.63) is 53.4 Å². The second-order valence-corrected chi connectivity index (χ2v) is 5.18.